The van der Waals surface area contributed by atoms with E-state index in [9.17, 15) is 22.8 Å². The molecule has 1 heterocycles. The molecule has 0 bridgehead atoms. The molecule has 0 unspecified atom stereocenters. The maximum absolute atomic E-state index is 12.8. The van der Waals surface area contributed by atoms with Crippen LogP contribution < -0.4 is 10.9 Å². The second kappa shape index (κ2) is 9.26. The molecular formula is C17H19F3N4O3. The molecule has 10 heteroatoms. The third-order valence-electron chi connectivity index (χ3n) is 3.66. The van der Waals surface area contributed by atoms with Crippen molar-refractivity contribution in [3.05, 3.63) is 45.9 Å². The van der Waals surface area contributed by atoms with Gasteiger partial charge in [0.05, 0.1) is 5.56 Å². The third-order valence-corrected chi connectivity index (χ3v) is 3.66. The first kappa shape index (κ1) is 20.6. The number of methoxy groups -OCH3 is 1. The molecule has 0 saturated carbocycles. The summed E-state index contributed by atoms with van der Waals surface area (Å²) in [5.74, 6) is -0.312. The minimum Gasteiger partial charge on any atom is -0.385 e. The number of hydrogen-bond donors (Lipinski definition) is 2. The molecule has 0 spiro atoms. The lowest BCUT2D eigenvalue weighted by Crippen LogP contribution is -2.27. The molecule has 27 heavy (non-hydrogen) atoms. The molecule has 0 saturated heterocycles. The number of aromatic nitrogens is 3. The lowest BCUT2D eigenvalue weighted by molar-refractivity contribution is -0.137. The van der Waals surface area contributed by atoms with Crippen molar-refractivity contribution in [2.24, 2.45) is 0 Å². The summed E-state index contributed by atoms with van der Waals surface area (Å²) in [6, 6.07) is 4.42. The van der Waals surface area contributed by atoms with Gasteiger partial charge in [-0.2, -0.15) is 13.2 Å². The fourth-order valence-electron chi connectivity index (χ4n) is 2.26. The molecular weight excluding hydrogens is 365 g/mol. The molecule has 0 aliphatic carbocycles. The van der Waals surface area contributed by atoms with Crippen molar-refractivity contribution in [2.75, 3.05) is 20.3 Å². The Morgan fingerprint density at radius 2 is 2.07 bits per heavy atom. The van der Waals surface area contributed by atoms with Gasteiger partial charge < -0.3 is 15.0 Å². The van der Waals surface area contributed by atoms with Crippen LogP contribution in [0.5, 0.6) is 0 Å². The number of H-pyrrole nitrogens is 1. The molecule has 0 fully saturated rings. The van der Waals surface area contributed by atoms with Crippen molar-refractivity contribution < 1.29 is 22.7 Å². The number of rotatable bonds is 8. The maximum atomic E-state index is 12.8. The van der Waals surface area contributed by atoms with E-state index in [0.29, 0.717) is 19.6 Å². The standard InChI is InChI=1S/C17H19F3N4O3/c1-27-9-3-8-21-14(25)7-6-13-16(26)22-15(24-23-13)11-4-2-5-12(10-11)17(18,19)20/h2,4-5,10H,3,6-9H2,1H3,(H,21,25)(H,22,24,26). The molecule has 146 valence electrons. The second-order valence-electron chi connectivity index (χ2n) is 5.72. The Kier molecular flexibility index (Phi) is 7.05. The summed E-state index contributed by atoms with van der Waals surface area (Å²) in [5.41, 5.74) is -1.31. The number of aromatic amines is 1. The third kappa shape index (κ3) is 6.17. The van der Waals surface area contributed by atoms with E-state index < -0.39 is 17.3 Å². The van der Waals surface area contributed by atoms with Crippen molar-refractivity contribution in [1.29, 1.82) is 0 Å². The lowest BCUT2D eigenvalue weighted by Gasteiger charge is -2.08. The van der Waals surface area contributed by atoms with Gasteiger partial charge in [-0.1, -0.05) is 12.1 Å². The Hall–Kier alpha value is -2.75. The lowest BCUT2D eigenvalue weighted by atomic mass is 10.1. The largest absolute Gasteiger partial charge is 0.416 e. The topological polar surface area (TPSA) is 97.0 Å². The van der Waals surface area contributed by atoms with E-state index in [1.165, 1.54) is 12.1 Å². The summed E-state index contributed by atoms with van der Waals surface area (Å²) >= 11 is 0. The minimum absolute atomic E-state index is 0.0396. The number of carbonyl (C=O) groups excluding carboxylic acids is 1. The highest BCUT2D eigenvalue weighted by Gasteiger charge is 2.30. The number of carbonyl (C=O) groups is 1. The van der Waals surface area contributed by atoms with Crippen LogP contribution in [0, 0.1) is 0 Å². The van der Waals surface area contributed by atoms with Crippen molar-refractivity contribution in [2.45, 2.75) is 25.4 Å². The Morgan fingerprint density at radius 1 is 1.30 bits per heavy atom. The number of nitrogens with one attached hydrogen (secondary N) is 2. The number of amides is 1. The van der Waals surface area contributed by atoms with Crippen LogP contribution in [0.15, 0.2) is 29.1 Å². The molecule has 0 aliphatic heterocycles. The van der Waals surface area contributed by atoms with Crippen LogP contribution in [-0.4, -0.2) is 41.3 Å². The number of aryl methyl sites for hydroxylation is 1. The summed E-state index contributed by atoms with van der Waals surface area (Å²) in [4.78, 5) is 26.2. The van der Waals surface area contributed by atoms with Crippen LogP contribution >= 0.6 is 0 Å². The summed E-state index contributed by atoms with van der Waals surface area (Å²) in [5, 5.41) is 10.2. The maximum Gasteiger partial charge on any atom is 0.416 e. The van der Waals surface area contributed by atoms with E-state index >= 15 is 0 Å². The van der Waals surface area contributed by atoms with Gasteiger partial charge in [-0.3, -0.25) is 9.59 Å². The van der Waals surface area contributed by atoms with Crippen LogP contribution in [0.25, 0.3) is 11.4 Å². The fourth-order valence-corrected chi connectivity index (χ4v) is 2.26. The number of halogens is 3. The zero-order chi connectivity index (χ0) is 19.9. The Labute approximate surface area is 153 Å². The first-order chi connectivity index (χ1) is 12.8. The number of nitrogens with zero attached hydrogens (tertiary/aromatic N) is 2. The second-order valence-corrected chi connectivity index (χ2v) is 5.72. The van der Waals surface area contributed by atoms with E-state index in [-0.39, 0.29) is 35.8 Å². The fraction of sp³-hybridized carbons (Fsp3) is 0.412. The monoisotopic (exact) mass is 384 g/mol. The smallest absolute Gasteiger partial charge is 0.385 e. The van der Waals surface area contributed by atoms with E-state index in [4.69, 9.17) is 4.74 Å². The molecule has 2 aromatic rings. The van der Waals surface area contributed by atoms with E-state index in [1.54, 1.807) is 7.11 Å². The van der Waals surface area contributed by atoms with Gasteiger partial charge in [-0.25, -0.2) is 0 Å². The SMILES string of the molecule is COCCCNC(=O)CCc1nnc(-c2cccc(C(F)(F)F)c2)[nH]c1=O. The van der Waals surface area contributed by atoms with Crippen LogP contribution in [-0.2, 0) is 22.1 Å². The van der Waals surface area contributed by atoms with Crippen molar-refractivity contribution in [3.8, 4) is 11.4 Å². The van der Waals surface area contributed by atoms with Gasteiger partial charge in [0.15, 0.2) is 5.82 Å². The Bertz CT molecular complexity index is 837. The average molecular weight is 384 g/mol. The highest BCUT2D eigenvalue weighted by Crippen LogP contribution is 2.31. The molecule has 0 aliphatic rings. The van der Waals surface area contributed by atoms with Crippen LogP contribution in [0.3, 0.4) is 0 Å². The van der Waals surface area contributed by atoms with Crippen LogP contribution in [0.4, 0.5) is 13.2 Å². The predicted molar refractivity (Wildman–Crippen MR) is 90.9 cm³/mol. The number of ether oxygens (including phenoxy) is 1. The van der Waals surface area contributed by atoms with E-state index in [2.05, 4.69) is 20.5 Å². The van der Waals surface area contributed by atoms with Crippen LogP contribution in [0.2, 0.25) is 0 Å². The summed E-state index contributed by atoms with van der Waals surface area (Å²) in [6.45, 7) is 0.992. The van der Waals surface area contributed by atoms with E-state index in [1.807, 2.05) is 0 Å². The molecule has 7 nitrogen and oxygen atoms in total. The molecule has 1 aromatic carbocycles. The quantitative estimate of drug-likeness (QED) is 0.678. The van der Waals surface area contributed by atoms with Crippen LogP contribution in [0.1, 0.15) is 24.1 Å². The van der Waals surface area contributed by atoms with Crippen molar-refractivity contribution in [1.82, 2.24) is 20.5 Å². The predicted octanol–water partition coefficient (Wildman–Crippen LogP) is 1.94. The average Bonchev–Trinajstić information content (AvgIpc) is 2.63. The molecule has 0 radical (unpaired) electrons. The number of hydrogen-bond acceptors (Lipinski definition) is 5. The first-order valence-electron chi connectivity index (χ1n) is 8.20. The Balaban J connectivity index is 2.02. The zero-order valence-electron chi connectivity index (χ0n) is 14.6. The van der Waals surface area contributed by atoms with Gasteiger partial charge in [0.2, 0.25) is 5.91 Å². The molecule has 2 rings (SSSR count). The van der Waals surface area contributed by atoms with Gasteiger partial charge >= 0.3 is 6.18 Å². The summed E-state index contributed by atoms with van der Waals surface area (Å²) in [6.07, 6.45) is -3.70. The van der Waals surface area contributed by atoms with E-state index in [0.717, 1.165) is 12.1 Å². The Morgan fingerprint density at radius 3 is 2.74 bits per heavy atom. The molecule has 0 atom stereocenters. The first-order valence-corrected chi connectivity index (χ1v) is 8.20. The molecule has 1 aromatic heterocycles. The number of alkyl halides is 3. The minimum atomic E-state index is -4.50. The molecule has 2 N–H and O–H groups in total. The zero-order valence-corrected chi connectivity index (χ0v) is 14.6. The van der Waals surface area contributed by atoms with Gasteiger partial charge in [0.25, 0.3) is 5.56 Å². The van der Waals surface area contributed by atoms with Crippen molar-refractivity contribution in [3.63, 3.8) is 0 Å². The van der Waals surface area contributed by atoms with Gasteiger partial charge in [-0.15, -0.1) is 10.2 Å². The summed E-state index contributed by atoms with van der Waals surface area (Å²) < 4.78 is 43.2. The number of benzene rings is 1. The van der Waals surface area contributed by atoms with Gasteiger partial charge in [0.1, 0.15) is 5.69 Å². The van der Waals surface area contributed by atoms with Crippen molar-refractivity contribution >= 4 is 5.91 Å². The van der Waals surface area contributed by atoms with Gasteiger partial charge in [0, 0.05) is 38.7 Å². The van der Waals surface area contributed by atoms with Gasteiger partial charge in [-0.05, 0) is 18.6 Å². The highest BCUT2D eigenvalue weighted by atomic mass is 19.4. The molecule has 1 amide bonds. The normalized spacial score (nSPS) is 11.4. The highest BCUT2D eigenvalue weighted by molar-refractivity contribution is 5.76. The summed E-state index contributed by atoms with van der Waals surface area (Å²) in [7, 11) is 1.57.